The van der Waals surface area contributed by atoms with Gasteiger partial charge in [0.2, 0.25) is 0 Å². The first-order chi connectivity index (χ1) is 14.4. The summed E-state index contributed by atoms with van der Waals surface area (Å²) >= 11 is 5.30. The van der Waals surface area contributed by atoms with E-state index in [1.165, 1.54) is 0 Å². The molecule has 0 aliphatic heterocycles. The molecule has 0 saturated heterocycles. The molecule has 31 heavy (non-hydrogen) atoms. The van der Waals surface area contributed by atoms with Crippen molar-refractivity contribution in [1.82, 2.24) is 21.4 Å². The highest BCUT2D eigenvalue weighted by molar-refractivity contribution is 9.12. The van der Waals surface area contributed by atoms with E-state index in [-0.39, 0.29) is 11.8 Å². The van der Waals surface area contributed by atoms with Crippen LogP contribution in [0.1, 0.15) is 64.7 Å². The van der Waals surface area contributed by atoms with Crippen LogP contribution in [0.3, 0.4) is 0 Å². The molecule has 0 aliphatic rings. The topological polar surface area (TPSA) is 39.3 Å². The Morgan fingerprint density at radius 2 is 1.23 bits per heavy atom. The monoisotopic (exact) mass is 602 g/mol. The molecular weight excluding hydrogens is 580 g/mol. The van der Waals surface area contributed by atoms with Crippen molar-refractivity contribution in [3.05, 3.63) is 0 Å². The largest absolute Gasteiger partial charge is 0.416 e. The first-order valence-corrected chi connectivity index (χ1v) is 11.4. The van der Waals surface area contributed by atoms with Crippen LogP contribution in [-0.2, 0) is 9.53 Å². The second-order valence-electron chi connectivity index (χ2n) is 6.62. The molecule has 0 saturated carbocycles. The molecular formula is C15H24Br2F8N4O2. The van der Waals surface area contributed by atoms with Gasteiger partial charge in [0.25, 0.3) is 5.66 Å². The van der Waals surface area contributed by atoms with Crippen LogP contribution in [0.2, 0.25) is 0 Å². The third-order valence-corrected chi connectivity index (χ3v) is 6.77. The quantitative estimate of drug-likeness (QED) is 0.0452. The number of ether oxygens (including phenoxy) is 1. The van der Waals surface area contributed by atoms with E-state index in [1.54, 1.807) is 0 Å². The summed E-state index contributed by atoms with van der Waals surface area (Å²) in [7, 11) is 0. The van der Waals surface area contributed by atoms with E-state index < -0.39 is 56.5 Å². The van der Waals surface area contributed by atoms with Gasteiger partial charge < -0.3 is 4.74 Å². The second-order valence-corrected chi connectivity index (χ2v) is 8.38. The number of carbonyl (C=O) groups is 1. The van der Waals surface area contributed by atoms with Crippen LogP contribution in [0, 0.1) is 0 Å². The third-order valence-electron chi connectivity index (χ3n) is 4.55. The lowest BCUT2D eigenvalue weighted by atomic mass is 9.96. The number of halogens is 10. The number of esters is 1. The van der Waals surface area contributed by atoms with Crippen molar-refractivity contribution in [3.8, 4) is 0 Å². The molecule has 0 spiro atoms. The summed E-state index contributed by atoms with van der Waals surface area (Å²) in [5.41, 5.74) is -4.71. The van der Waals surface area contributed by atoms with E-state index >= 15 is 0 Å². The summed E-state index contributed by atoms with van der Waals surface area (Å²) in [5.74, 6) is -7.05. The average Bonchev–Trinajstić information content (AvgIpc) is 2.69. The number of carbonyl (C=O) groups excluding carboxylic acids is 1. The minimum absolute atomic E-state index is 0.0270. The van der Waals surface area contributed by atoms with Gasteiger partial charge in [-0.1, -0.05) is 120 Å². The summed E-state index contributed by atoms with van der Waals surface area (Å²) in [6.07, 6.45) is 2.56. The van der Waals surface area contributed by atoms with Crippen LogP contribution in [0.4, 0.5) is 35.9 Å². The van der Waals surface area contributed by atoms with Crippen LogP contribution in [0.15, 0.2) is 0 Å². The van der Waals surface area contributed by atoms with Gasteiger partial charge in [-0.25, -0.2) is 0 Å². The molecule has 1 unspecified atom stereocenters. The SMILES string of the molecule is CCCCCCCCCCC(N(F)F)(N(F)F)C(OC(=O)C(Br)CBr)(N(F)F)N(F)F. The number of hydrogen-bond donors (Lipinski definition) is 0. The molecule has 1 atom stereocenters. The zero-order valence-corrected chi connectivity index (χ0v) is 19.7. The van der Waals surface area contributed by atoms with Gasteiger partial charge in [-0.3, -0.25) is 4.79 Å². The zero-order chi connectivity index (χ0) is 24.2. The first-order valence-electron chi connectivity index (χ1n) is 9.35. The standard InChI is InChI=1S/C15H24Br2F8N4O2/c1-2-3-4-5-6-7-8-9-10-14(26(18)19,27(20)21)15(28(22)23,29(24)25)31-13(30)12(17)11-16/h12H,2-11H2,1H3. The number of hydrogen-bond acceptors (Lipinski definition) is 6. The molecule has 186 valence electrons. The van der Waals surface area contributed by atoms with Crippen molar-refractivity contribution in [3.63, 3.8) is 0 Å². The van der Waals surface area contributed by atoms with Crippen molar-refractivity contribution >= 4 is 37.8 Å². The zero-order valence-electron chi connectivity index (χ0n) is 16.5. The number of unbranched alkanes of at least 4 members (excludes halogenated alkanes) is 7. The van der Waals surface area contributed by atoms with Crippen LogP contribution < -0.4 is 0 Å². The Morgan fingerprint density at radius 3 is 1.58 bits per heavy atom. The molecule has 0 heterocycles. The Labute approximate surface area is 191 Å². The predicted molar refractivity (Wildman–Crippen MR) is 102 cm³/mol. The average molecular weight is 604 g/mol. The number of rotatable bonds is 17. The van der Waals surface area contributed by atoms with Gasteiger partial charge in [0.15, 0.2) is 0 Å². The maximum Gasteiger partial charge on any atom is 0.378 e. The molecule has 0 fully saturated rings. The van der Waals surface area contributed by atoms with Gasteiger partial charge in [-0.05, 0) is 12.8 Å². The Balaban J connectivity index is 5.83. The highest BCUT2D eigenvalue weighted by Gasteiger charge is 2.76. The first kappa shape index (κ1) is 30.7. The van der Waals surface area contributed by atoms with E-state index in [1.807, 2.05) is 6.92 Å². The fourth-order valence-corrected chi connectivity index (χ4v) is 3.22. The fourth-order valence-electron chi connectivity index (χ4n) is 2.86. The van der Waals surface area contributed by atoms with E-state index in [9.17, 15) is 40.6 Å². The summed E-state index contributed by atoms with van der Waals surface area (Å²) in [4.78, 5) is 10.3. The van der Waals surface area contributed by atoms with Crippen molar-refractivity contribution in [2.24, 2.45) is 0 Å². The third kappa shape index (κ3) is 7.62. The lowest BCUT2D eigenvalue weighted by molar-refractivity contribution is -0.540. The maximum absolute atomic E-state index is 13.6. The van der Waals surface area contributed by atoms with Crippen LogP contribution in [0.25, 0.3) is 0 Å². The normalized spacial score (nSPS) is 14.2. The molecule has 0 aromatic heterocycles. The maximum atomic E-state index is 13.6. The molecule has 0 N–H and O–H groups in total. The molecule has 0 radical (unpaired) electrons. The Hall–Kier alpha value is -0.290. The van der Waals surface area contributed by atoms with E-state index in [4.69, 9.17) is 0 Å². The summed E-state index contributed by atoms with van der Waals surface area (Å²) < 4.78 is 113. The minimum atomic E-state index is -5.15. The van der Waals surface area contributed by atoms with Crippen LogP contribution >= 0.6 is 31.9 Å². The molecule has 16 heteroatoms. The molecule has 0 aliphatic carbocycles. The van der Waals surface area contributed by atoms with Gasteiger partial charge in [-0.15, -0.1) is 0 Å². The molecule has 0 rings (SSSR count). The second kappa shape index (κ2) is 14.8. The Morgan fingerprint density at radius 1 is 0.806 bits per heavy atom. The van der Waals surface area contributed by atoms with Gasteiger partial charge >= 0.3 is 11.8 Å². The smallest absolute Gasteiger partial charge is 0.378 e. The Kier molecular flexibility index (Phi) is 14.6. The predicted octanol–water partition coefficient (Wildman–Crippen LogP) is 6.85. The van der Waals surface area contributed by atoms with Crippen LogP contribution in [0.5, 0.6) is 0 Å². The van der Waals surface area contributed by atoms with Crippen molar-refractivity contribution < 1.29 is 45.4 Å². The van der Waals surface area contributed by atoms with Gasteiger partial charge in [0.05, 0.1) is 21.4 Å². The van der Waals surface area contributed by atoms with Crippen molar-refractivity contribution in [1.29, 1.82) is 0 Å². The van der Waals surface area contributed by atoms with Crippen molar-refractivity contribution in [2.45, 2.75) is 81.1 Å². The van der Waals surface area contributed by atoms with Gasteiger partial charge in [0, 0.05) is 5.33 Å². The van der Waals surface area contributed by atoms with Crippen molar-refractivity contribution in [2.75, 3.05) is 5.33 Å². The lowest BCUT2D eigenvalue weighted by Crippen LogP contribution is -2.75. The number of nitrogens with zero attached hydrogens (tertiary/aromatic N) is 4. The summed E-state index contributed by atoms with van der Waals surface area (Å²) in [5, 5.41) is -10.7. The molecule has 6 nitrogen and oxygen atoms in total. The van der Waals surface area contributed by atoms with E-state index in [2.05, 4.69) is 36.6 Å². The summed E-state index contributed by atoms with van der Waals surface area (Å²) in [6, 6.07) is 0. The van der Waals surface area contributed by atoms with Gasteiger partial charge in [0.1, 0.15) is 4.83 Å². The lowest BCUT2D eigenvalue weighted by Gasteiger charge is -2.45. The highest BCUT2D eigenvalue weighted by Crippen LogP contribution is 2.47. The minimum Gasteiger partial charge on any atom is -0.416 e. The van der Waals surface area contributed by atoms with Gasteiger partial charge in [-0.2, -0.15) is 0 Å². The fraction of sp³-hybridized carbons (Fsp3) is 0.933. The summed E-state index contributed by atoms with van der Waals surface area (Å²) in [6.45, 7) is 1.99. The highest BCUT2D eigenvalue weighted by atomic mass is 79.9. The van der Waals surface area contributed by atoms with E-state index in [0.29, 0.717) is 12.8 Å². The Bertz CT molecular complexity index is 507. The molecule has 0 aromatic carbocycles. The molecule has 0 aromatic rings. The van der Waals surface area contributed by atoms with E-state index in [0.717, 1.165) is 25.7 Å². The molecule has 0 amide bonds. The van der Waals surface area contributed by atoms with Crippen LogP contribution in [-0.4, -0.2) is 49.0 Å². The molecule has 0 bridgehead atoms. The number of alkyl halides is 2.